The predicted molar refractivity (Wildman–Crippen MR) is 97.3 cm³/mol. The predicted octanol–water partition coefficient (Wildman–Crippen LogP) is 0.842. The highest BCUT2D eigenvalue weighted by Crippen LogP contribution is 2.18. The number of sulfonamides is 1. The molecular weight excluding hydrogens is 404 g/mol. The van der Waals surface area contributed by atoms with Crippen LogP contribution in [0.2, 0.25) is 0 Å². The molecule has 0 aliphatic carbocycles. The number of halogens is 2. The summed E-state index contributed by atoms with van der Waals surface area (Å²) in [6.45, 7) is 1.91. The minimum atomic E-state index is -3.59. The first-order valence-corrected chi connectivity index (χ1v) is 10.2. The largest absolute Gasteiger partial charge is 0.293 e. The molecule has 1 saturated heterocycles. The number of nitrogens with zero attached hydrogens (tertiary/aromatic N) is 7. The first-order valence-electron chi connectivity index (χ1n) is 8.80. The van der Waals surface area contributed by atoms with Crippen LogP contribution in [0.3, 0.4) is 0 Å². The fourth-order valence-corrected chi connectivity index (χ4v) is 4.49. The van der Waals surface area contributed by atoms with Gasteiger partial charge in [0.2, 0.25) is 10.0 Å². The van der Waals surface area contributed by atoms with E-state index in [4.69, 9.17) is 0 Å². The van der Waals surface area contributed by atoms with Crippen molar-refractivity contribution in [3.63, 3.8) is 0 Å². The highest BCUT2D eigenvalue weighted by molar-refractivity contribution is 7.89. The van der Waals surface area contributed by atoms with Crippen molar-refractivity contribution < 1.29 is 17.2 Å². The van der Waals surface area contributed by atoms with Gasteiger partial charge in [-0.3, -0.25) is 9.88 Å². The van der Waals surface area contributed by atoms with Gasteiger partial charge >= 0.3 is 0 Å². The minimum absolute atomic E-state index is 0.163. The molecule has 152 valence electrons. The van der Waals surface area contributed by atoms with E-state index in [1.54, 1.807) is 6.07 Å². The number of hydrogen-bond acceptors (Lipinski definition) is 7. The van der Waals surface area contributed by atoms with Crippen molar-refractivity contribution in [1.82, 2.24) is 34.4 Å². The number of tetrazole rings is 1. The maximum absolute atomic E-state index is 13.5. The number of piperazine rings is 1. The second kappa shape index (κ2) is 7.89. The average molecular weight is 421 g/mol. The molecule has 0 unspecified atom stereocenters. The highest BCUT2D eigenvalue weighted by atomic mass is 32.2. The van der Waals surface area contributed by atoms with Crippen molar-refractivity contribution in [1.29, 1.82) is 0 Å². The number of pyridine rings is 1. The lowest BCUT2D eigenvalue weighted by Crippen LogP contribution is -2.48. The Labute approximate surface area is 165 Å². The molecule has 0 amide bonds. The van der Waals surface area contributed by atoms with E-state index in [9.17, 15) is 17.2 Å². The van der Waals surface area contributed by atoms with E-state index in [1.165, 1.54) is 33.5 Å². The third kappa shape index (κ3) is 3.99. The Balaban J connectivity index is 1.43. The van der Waals surface area contributed by atoms with E-state index in [0.717, 1.165) is 12.1 Å². The number of benzene rings is 1. The SMILES string of the molecule is O=S(=O)(c1cccnc1)N1CCN(Cc2nnnn2-c2ccc(F)c(F)c2)CC1. The fourth-order valence-electron chi connectivity index (χ4n) is 3.10. The molecule has 0 radical (unpaired) electrons. The van der Waals surface area contributed by atoms with Crippen LogP contribution >= 0.6 is 0 Å². The molecule has 9 nitrogen and oxygen atoms in total. The molecule has 12 heteroatoms. The van der Waals surface area contributed by atoms with Crippen molar-refractivity contribution in [3.05, 3.63) is 60.2 Å². The quantitative estimate of drug-likeness (QED) is 0.602. The Morgan fingerprint density at radius 3 is 2.52 bits per heavy atom. The molecule has 3 heterocycles. The lowest BCUT2D eigenvalue weighted by molar-refractivity contribution is 0.177. The van der Waals surface area contributed by atoms with Gasteiger partial charge in [-0.2, -0.15) is 8.99 Å². The molecule has 3 aromatic rings. The summed E-state index contributed by atoms with van der Waals surface area (Å²) in [5.74, 6) is -1.49. The third-order valence-corrected chi connectivity index (χ3v) is 6.53. The van der Waals surface area contributed by atoms with Crippen molar-refractivity contribution >= 4 is 10.0 Å². The van der Waals surface area contributed by atoms with Gasteiger partial charge < -0.3 is 0 Å². The Morgan fingerprint density at radius 2 is 1.83 bits per heavy atom. The van der Waals surface area contributed by atoms with Crippen LogP contribution in [-0.2, 0) is 16.6 Å². The van der Waals surface area contributed by atoms with Crippen molar-refractivity contribution in [3.8, 4) is 5.69 Å². The van der Waals surface area contributed by atoms with Crippen LogP contribution in [0.15, 0.2) is 47.6 Å². The fraction of sp³-hybridized carbons (Fsp3) is 0.294. The molecule has 0 N–H and O–H groups in total. The monoisotopic (exact) mass is 421 g/mol. The summed E-state index contributed by atoms with van der Waals surface area (Å²) in [5.41, 5.74) is 0.307. The van der Waals surface area contributed by atoms with E-state index < -0.39 is 21.7 Å². The molecule has 1 aliphatic heterocycles. The second-order valence-corrected chi connectivity index (χ2v) is 8.41. The summed E-state index contributed by atoms with van der Waals surface area (Å²) in [7, 11) is -3.59. The maximum Gasteiger partial charge on any atom is 0.244 e. The van der Waals surface area contributed by atoms with Crippen LogP contribution < -0.4 is 0 Å². The molecule has 1 fully saturated rings. The Kier molecular flexibility index (Phi) is 5.30. The molecule has 29 heavy (non-hydrogen) atoms. The Morgan fingerprint density at radius 1 is 1.03 bits per heavy atom. The van der Waals surface area contributed by atoms with E-state index >= 15 is 0 Å². The van der Waals surface area contributed by atoms with E-state index in [0.29, 0.717) is 44.2 Å². The van der Waals surface area contributed by atoms with Crippen LogP contribution in [0.1, 0.15) is 5.82 Å². The summed E-state index contributed by atoms with van der Waals surface area (Å²) in [5, 5.41) is 11.4. The molecule has 0 bridgehead atoms. The lowest BCUT2D eigenvalue weighted by Gasteiger charge is -2.33. The average Bonchev–Trinajstić information content (AvgIpc) is 3.19. The summed E-state index contributed by atoms with van der Waals surface area (Å²) >= 11 is 0. The van der Waals surface area contributed by atoms with Gasteiger partial charge in [0, 0.05) is 44.6 Å². The zero-order chi connectivity index (χ0) is 20.4. The van der Waals surface area contributed by atoms with Gasteiger partial charge in [-0.05, 0) is 34.7 Å². The maximum atomic E-state index is 13.5. The van der Waals surface area contributed by atoms with Gasteiger partial charge in [-0.15, -0.1) is 5.10 Å². The molecule has 2 aromatic heterocycles. The third-order valence-electron chi connectivity index (χ3n) is 4.65. The van der Waals surface area contributed by atoms with Crippen LogP contribution in [0.5, 0.6) is 0 Å². The van der Waals surface area contributed by atoms with Crippen molar-refractivity contribution in [2.24, 2.45) is 0 Å². The van der Waals surface area contributed by atoms with Gasteiger partial charge in [-0.1, -0.05) is 0 Å². The molecule has 4 rings (SSSR count). The zero-order valence-electron chi connectivity index (χ0n) is 15.2. The van der Waals surface area contributed by atoms with E-state index in [-0.39, 0.29) is 4.90 Å². The van der Waals surface area contributed by atoms with E-state index in [2.05, 4.69) is 20.5 Å². The van der Waals surface area contributed by atoms with Gasteiger partial charge in [0.1, 0.15) is 4.90 Å². The lowest BCUT2D eigenvalue weighted by atomic mass is 10.3. The number of aromatic nitrogens is 5. The smallest absolute Gasteiger partial charge is 0.244 e. The zero-order valence-corrected chi connectivity index (χ0v) is 16.0. The topological polar surface area (TPSA) is 97.1 Å². The number of hydrogen-bond donors (Lipinski definition) is 0. The van der Waals surface area contributed by atoms with Crippen molar-refractivity contribution in [2.45, 2.75) is 11.4 Å². The van der Waals surface area contributed by atoms with Gasteiger partial charge in [0.25, 0.3) is 0 Å². The second-order valence-electron chi connectivity index (χ2n) is 6.47. The first-order chi connectivity index (χ1) is 13.9. The van der Waals surface area contributed by atoms with Gasteiger partial charge in [0.05, 0.1) is 12.2 Å². The van der Waals surface area contributed by atoms with Crippen LogP contribution in [0, 0.1) is 11.6 Å². The van der Waals surface area contributed by atoms with Crippen LogP contribution in [0.4, 0.5) is 8.78 Å². The van der Waals surface area contributed by atoms with Gasteiger partial charge in [0.15, 0.2) is 17.5 Å². The Bertz CT molecular complexity index is 1100. The standard InChI is InChI=1S/C17H17F2N7O2S/c18-15-4-3-13(10-16(15)19)26-17(21-22-23-26)12-24-6-8-25(9-7-24)29(27,28)14-2-1-5-20-11-14/h1-5,10-11H,6-9,12H2. The van der Waals surface area contributed by atoms with Crippen molar-refractivity contribution in [2.75, 3.05) is 26.2 Å². The summed E-state index contributed by atoms with van der Waals surface area (Å²) in [6, 6.07) is 6.52. The summed E-state index contributed by atoms with van der Waals surface area (Å²) < 4.78 is 54.8. The van der Waals surface area contributed by atoms with E-state index in [1.807, 2.05) is 4.90 Å². The number of rotatable bonds is 5. The van der Waals surface area contributed by atoms with Crippen LogP contribution in [0.25, 0.3) is 5.69 Å². The first kappa shape index (κ1) is 19.5. The highest BCUT2D eigenvalue weighted by Gasteiger charge is 2.29. The summed E-state index contributed by atoms with van der Waals surface area (Å²) in [4.78, 5) is 6.03. The molecule has 0 saturated carbocycles. The minimum Gasteiger partial charge on any atom is -0.293 e. The molecule has 0 atom stereocenters. The molecule has 0 spiro atoms. The Hall–Kier alpha value is -2.83. The van der Waals surface area contributed by atoms with Crippen LogP contribution in [-0.4, -0.2) is 69.0 Å². The molecule has 1 aliphatic rings. The molecule has 1 aromatic carbocycles. The normalized spacial score (nSPS) is 16.2. The summed E-state index contributed by atoms with van der Waals surface area (Å²) in [6.07, 6.45) is 2.85. The molecular formula is C17H17F2N7O2S. The van der Waals surface area contributed by atoms with Gasteiger partial charge in [-0.25, -0.2) is 17.2 Å².